The molecule has 0 bridgehead atoms. The second-order valence-electron chi connectivity index (χ2n) is 3.15. The van der Waals surface area contributed by atoms with Crippen LogP contribution in [-0.4, -0.2) is 19.4 Å². The van der Waals surface area contributed by atoms with Crippen molar-refractivity contribution in [2.75, 3.05) is 13.2 Å². The first-order valence-electron chi connectivity index (χ1n) is 4.44. The molecule has 1 aromatic rings. The Balaban J connectivity index is 2.34. The van der Waals surface area contributed by atoms with Gasteiger partial charge in [0.1, 0.15) is 6.61 Å². The Kier molecular flexibility index (Phi) is 4.11. The van der Waals surface area contributed by atoms with Crippen LogP contribution in [0.3, 0.4) is 0 Å². The summed E-state index contributed by atoms with van der Waals surface area (Å²) < 4.78 is 39.7. The van der Waals surface area contributed by atoms with Crippen molar-refractivity contribution in [3.8, 4) is 0 Å². The van der Waals surface area contributed by atoms with E-state index < -0.39 is 18.8 Å². The predicted octanol–water partition coefficient (Wildman–Crippen LogP) is 2.27. The molecule has 0 aromatic heterocycles. The molecule has 0 saturated carbocycles. The van der Waals surface area contributed by atoms with Crippen molar-refractivity contribution in [2.24, 2.45) is 5.73 Å². The van der Waals surface area contributed by atoms with Gasteiger partial charge in [0.25, 0.3) is 0 Å². The summed E-state index contributed by atoms with van der Waals surface area (Å²) in [6, 6.07) is 8.35. The van der Waals surface area contributed by atoms with Crippen molar-refractivity contribution in [3.63, 3.8) is 0 Å². The number of ether oxygens (including phenoxy) is 1. The molecule has 0 aliphatic rings. The Morgan fingerprint density at radius 2 is 1.80 bits per heavy atom. The quantitative estimate of drug-likeness (QED) is 0.843. The fourth-order valence-electron chi connectivity index (χ4n) is 1.10. The van der Waals surface area contributed by atoms with Gasteiger partial charge in [0.15, 0.2) is 0 Å². The van der Waals surface area contributed by atoms with Crippen LogP contribution in [0, 0.1) is 0 Å². The van der Waals surface area contributed by atoms with Gasteiger partial charge in [-0.25, -0.2) is 0 Å². The van der Waals surface area contributed by atoms with Gasteiger partial charge in [0, 0.05) is 0 Å². The Labute approximate surface area is 85.8 Å². The number of halogens is 3. The zero-order chi connectivity index (χ0) is 11.3. The summed E-state index contributed by atoms with van der Waals surface area (Å²) in [6.07, 6.45) is -4.30. The Bertz CT molecular complexity index is 286. The summed E-state index contributed by atoms with van der Waals surface area (Å²) in [5.41, 5.74) is 6.40. The number of benzene rings is 1. The van der Waals surface area contributed by atoms with Crippen LogP contribution >= 0.6 is 0 Å². The molecule has 15 heavy (non-hydrogen) atoms. The fraction of sp³-hybridized carbons (Fsp3) is 0.400. The van der Waals surface area contributed by atoms with E-state index in [1.54, 1.807) is 24.3 Å². The third-order valence-corrected chi connectivity index (χ3v) is 1.79. The molecule has 1 rings (SSSR count). The molecule has 0 radical (unpaired) electrons. The number of hydrogen-bond acceptors (Lipinski definition) is 2. The van der Waals surface area contributed by atoms with Crippen molar-refractivity contribution >= 4 is 0 Å². The normalized spacial score (nSPS) is 13.9. The van der Waals surface area contributed by atoms with E-state index in [-0.39, 0.29) is 6.61 Å². The van der Waals surface area contributed by atoms with Crippen LogP contribution in [0.25, 0.3) is 0 Å². The monoisotopic (exact) mass is 219 g/mol. The highest BCUT2D eigenvalue weighted by Crippen LogP contribution is 2.16. The van der Waals surface area contributed by atoms with E-state index in [1.807, 2.05) is 6.07 Å². The lowest BCUT2D eigenvalue weighted by atomic mass is 10.1. The Morgan fingerprint density at radius 1 is 1.20 bits per heavy atom. The Hall–Kier alpha value is -1.07. The number of rotatable bonds is 4. The topological polar surface area (TPSA) is 35.2 Å². The van der Waals surface area contributed by atoms with Gasteiger partial charge < -0.3 is 10.5 Å². The van der Waals surface area contributed by atoms with Gasteiger partial charge in [-0.2, -0.15) is 13.2 Å². The SMILES string of the molecule is N[C@@H](COCC(F)(F)F)c1ccccc1. The van der Waals surface area contributed by atoms with Gasteiger partial charge in [-0.05, 0) is 5.56 Å². The minimum Gasteiger partial charge on any atom is -0.370 e. The van der Waals surface area contributed by atoms with E-state index in [9.17, 15) is 13.2 Å². The van der Waals surface area contributed by atoms with Crippen molar-refractivity contribution < 1.29 is 17.9 Å². The smallest absolute Gasteiger partial charge is 0.370 e. The van der Waals surface area contributed by atoms with Gasteiger partial charge in [-0.15, -0.1) is 0 Å². The summed E-state index contributed by atoms with van der Waals surface area (Å²) in [6.45, 7) is -1.39. The lowest BCUT2D eigenvalue weighted by Gasteiger charge is -2.13. The van der Waals surface area contributed by atoms with Crippen LogP contribution in [0.1, 0.15) is 11.6 Å². The molecular weight excluding hydrogens is 207 g/mol. The van der Waals surface area contributed by atoms with Gasteiger partial charge in [-0.3, -0.25) is 0 Å². The summed E-state index contributed by atoms with van der Waals surface area (Å²) in [5, 5.41) is 0. The van der Waals surface area contributed by atoms with Crippen LogP contribution in [0.15, 0.2) is 30.3 Å². The van der Waals surface area contributed by atoms with Crippen LogP contribution in [0.5, 0.6) is 0 Å². The highest BCUT2D eigenvalue weighted by Gasteiger charge is 2.27. The molecule has 2 nitrogen and oxygen atoms in total. The lowest BCUT2D eigenvalue weighted by Crippen LogP contribution is -2.23. The highest BCUT2D eigenvalue weighted by molar-refractivity contribution is 5.18. The minimum absolute atomic E-state index is 0.135. The molecule has 84 valence electrons. The lowest BCUT2D eigenvalue weighted by molar-refractivity contribution is -0.174. The Morgan fingerprint density at radius 3 is 2.33 bits per heavy atom. The molecule has 0 aliphatic carbocycles. The standard InChI is InChI=1S/C10H12F3NO/c11-10(12,13)7-15-6-9(14)8-4-2-1-3-5-8/h1-5,9H,6-7,14H2/t9-/m0/s1. The largest absolute Gasteiger partial charge is 0.411 e. The average molecular weight is 219 g/mol. The van der Waals surface area contributed by atoms with Gasteiger partial charge in [0.2, 0.25) is 0 Å². The molecule has 5 heteroatoms. The molecular formula is C10H12F3NO. The number of nitrogens with two attached hydrogens (primary N) is 1. The molecule has 2 N–H and O–H groups in total. The summed E-state index contributed by atoms with van der Waals surface area (Å²) >= 11 is 0. The minimum atomic E-state index is -4.30. The van der Waals surface area contributed by atoms with Gasteiger partial charge in [-0.1, -0.05) is 30.3 Å². The zero-order valence-corrected chi connectivity index (χ0v) is 8.00. The van der Waals surface area contributed by atoms with Crippen LogP contribution < -0.4 is 5.73 Å². The van der Waals surface area contributed by atoms with E-state index in [0.717, 1.165) is 5.56 Å². The van der Waals surface area contributed by atoms with Crippen molar-refractivity contribution in [3.05, 3.63) is 35.9 Å². The summed E-state index contributed by atoms with van der Waals surface area (Å²) in [4.78, 5) is 0. The second-order valence-corrected chi connectivity index (χ2v) is 3.15. The first kappa shape index (κ1) is 12.0. The maximum atomic E-state index is 11.7. The molecule has 0 saturated heterocycles. The van der Waals surface area contributed by atoms with Crippen molar-refractivity contribution in [1.29, 1.82) is 0 Å². The van der Waals surface area contributed by atoms with E-state index >= 15 is 0 Å². The first-order valence-corrected chi connectivity index (χ1v) is 4.44. The predicted molar refractivity (Wildman–Crippen MR) is 50.2 cm³/mol. The van der Waals surface area contributed by atoms with Crippen molar-refractivity contribution in [1.82, 2.24) is 0 Å². The molecule has 1 aromatic carbocycles. The molecule has 0 amide bonds. The average Bonchev–Trinajstić information content (AvgIpc) is 2.17. The summed E-state index contributed by atoms with van der Waals surface area (Å²) in [7, 11) is 0. The third kappa shape index (κ3) is 4.80. The van der Waals surface area contributed by atoms with E-state index in [4.69, 9.17) is 5.73 Å². The first-order chi connectivity index (χ1) is 6.99. The van der Waals surface area contributed by atoms with E-state index in [1.165, 1.54) is 0 Å². The van der Waals surface area contributed by atoms with Crippen molar-refractivity contribution in [2.45, 2.75) is 12.2 Å². The molecule has 0 aliphatic heterocycles. The fourth-order valence-corrected chi connectivity index (χ4v) is 1.10. The molecule has 1 atom stereocenters. The maximum Gasteiger partial charge on any atom is 0.411 e. The second kappa shape index (κ2) is 5.14. The summed E-state index contributed by atoms with van der Waals surface area (Å²) in [5.74, 6) is 0. The third-order valence-electron chi connectivity index (χ3n) is 1.79. The van der Waals surface area contributed by atoms with E-state index in [0.29, 0.717) is 0 Å². The molecule has 0 fully saturated rings. The molecule has 0 heterocycles. The molecule has 0 unspecified atom stereocenters. The maximum absolute atomic E-state index is 11.7. The van der Waals surface area contributed by atoms with Crippen LogP contribution in [0.2, 0.25) is 0 Å². The van der Waals surface area contributed by atoms with Crippen LogP contribution in [-0.2, 0) is 4.74 Å². The number of hydrogen-bond donors (Lipinski definition) is 1. The van der Waals surface area contributed by atoms with Crippen LogP contribution in [0.4, 0.5) is 13.2 Å². The highest BCUT2D eigenvalue weighted by atomic mass is 19.4. The van der Waals surface area contributed by atoms with Gasteiger partial charge in [0.05, 0.1) is 12.6 Å². The number of alkyl halides is 3. The zero-order valence-electron chi connectivity index (χ0n) is 8.00. The molecule has 0 spiro atoms. The van der Waals surface area contributed by atoms with E-state index in [2.05, 4.69) is 4.74 Å². The van der Waals surface area contributed by atoms with Gasteiger partial charge >= 0.3 is 6.18 Å².